The largest absolute Gasteiger partial charge is 0.388 e. The Kier molecular flexibility index (Phi) is 5.74. The van der Waals surface area contributed by atoms with E-state index in [-0.39, 0.29) is 6.61 Å². The van der Waals surface area contributed by atoms with Gasteiger partial charge >= 0.3 is 0 Å². The molecule has 0 amide bonds. The minimum atomic E-state index is -0.122. The molecule has 2 aromatic rings. The number of hydrogen-bond donors (Lipinski definition) is 1. The molecule has 0 radical (unpaired) electrons. The van der Waals surface area contributed by atoms with E-state index >= 15 is 0 Å². The summed E-state index contributed by atoms with van der Waals surface area (Å²) in [7, 11) is 1.81. The van der Waals surface area contributed by atoms with Crippen LogP contribution in [-0.4, -0.2) is 30.4 Å². The van der Waals surface area contributed by atoms with Crippen LogP contribution in [0.25, 0.3) is 0 Å². The number of rotatable bonds is 6. The van der Waals surface area contributed by atoms with Gasteiger partial charge in [-0.1, -0.05) is 23.7 Å². The van der Waals surface area contributed by atoms with E-state index in [1.807, 2.05) is 25.2 Å². The lowest BCUT2D eigenvalue weighted by Crippen LogP contribution is -2.33. The second kappa shape index (κ2) is 7.37. The SMILES string of the molecule is CC(C)N(Cc1cccc(Cl)c1)Cn1nc(CO)n(C)c1=S. The first-order valence-electron chi connectivity index (χ1n) is 7.14. The highest BCUT2D eigenvalue weighted by Gasteiger charge is 2.14. The van der Waals surface area contributed by atoms with Gasteiger partial charge < -0.3 is 9.67 Å². The van der Waals surface area contributed by atoms with Crippen LogP contribution < -0.4 is 0 Å². The van der Waals surface area contributed by atoms with Gasteiger partial charge in [0.2, 0.25) is 0 Å². The molecule has 7 heteroatoms. The summed E-state index contributed by atoms with van der Waals surface area (Å²) in [5.74, 6) is 0.566. The monoisotopic (exact) mass is 340 g/mol. The number of aliphatic hydroxyl groups is 1. The van der Waals surface area contributed by atoms with Crippen molar-refractivity contribution >= 4 is 23.8 Å². The first-order valence-corrected chi connectivity index (χ1v) is 7.93. The van der Waals surface area contributed by atoms with E-state index in [2.05, 4.69) is 29.9 Å². The molecular weight excluding hydrogens is 320 g/mol. The third-order valence-electron chi connectivity index (χ3n) is 3.59. The fraction of sp³-hybridized carbons (Fsp3) is 0.467. The van der Waals surface area contributed by atoms with Crippen LogP contribution in [0.3, 0.4) is 0 Å². The standard InChI is InChI=1S/C15H21ClN4OS/c1-11(2)19(8-12-5-4-6-13(16)7-12)10-20-15(22)18(3)14(9-21)17-20/h4-7,11,21H,8-10H2,1-3H3. The molecule has 1 aromatic carbocycles. The second-order valence-corrected chi connectivity index (χ2v) is 6.33. The molecule has 0 bridgehead atoms. The molecule has 0 saturated heterocycles. The van der Waals surface area contributed by atoms with Crippen molar-refractivity contribution in [3.63, 3.8) is 0 Å². The summed E-state index contributed by atoms with van der Waals surface area (Å²) >= 11 is 11.4. The number of halogens is 1. The molecule has 0 aliphatic heterocycles. The Morgan fingerprint density at radius 1 is 1.41 bits per heavy atom. The molecule has 0 fully saturated rings. The molecule has 0 spiro atoms. The molecule has 2 rings (SSSR count). The predicted molar refractivity (Wildman–Crippen MR) is 90.1 cm³/mol. The summed E-state index contributed by atoms with van der Waals surface area (Å²) < 4.78 is 4.07. The number of hydrogen-bond acceptors (Lipinski definition) is 4. The Balaban J connectivity index is 2.21. The van der Waals surface area contributed by atoms with Crippen LogP contribution in [-0.2, 0) is 26.9 Å². The number of benzene rings is 1. The first kappa shape index (κ1) is 17.1. The van der Waals surface area contributed by atoms with E-state index in [1.165, 1.54) is 0 Å². The summed E-state index contributed by atoms with van der Waals surface area (Å²) in [6.07, 6.45) is 0. The van der Waals surface area contributed by atoms with Gasteiger partial charge in [0.1, 0.15) is 6.61 Å². The minimum absolute atomic E-state index is 0.122. The van der Waals surface area contributed by atoms with Crippen molar-refractivity contribution in [2.45, 2.75) is 39.7 Å². The molecule has 1 N–H and O–H groups in total. The molecule has 0 aliphatic carbocycles. The Hall–Kier alpha value is -1.21. The normalized spacial score (nSPS) is 11.6. The van der Waals surface area contributed by atoms with Crippen LogP contribution in [0.15, 0.2) is 24.3 Å². The predicted octanol–water partition coefficient (Wildman–Crippen LogP) is 2.96. The lowest BCUT2D eigenvalue weighted by Gasteiger charge is -2.26. The maximum absolute atomic E-state index is 9.29. The van der Waals surface area contributed by atoms with Crippen molar-refractivity contribution in [2.75, 3.05) is 0 Å². The van der Waals surface area contributed by atoms with E-state index in [0.29, 0.717) is 23.3 Å². The van der Waals surface area contributed by atoms with Crippen LogP contribution in [0.2, 0.25) is 5.02 Å². The molecule has 5 nitrogen and oxygen atoms in total. The quantitative estimate of drug-likeness (QED) is 0.821. The third kappa shape index (κ3) is 3.95. The van der Waals surface area contributed by atoms with Crippen LogP contribution in [0.5, 0.6) is 0 Å². The molecule has 0 unspecified atom stereocenters. The summed E-state index contributed by atoms with van der Waals surface area (Å²) in [4.78, 5) is 2.25. The molecule has 1 heterocycles. The highest BCUT2D eigenvalue weighted by Crippen LogP contribution is 2.15. The van der Waals surface area contributed by atoms with Crippen LogP contribution in [0.4, 0.5) is 0 Å². The topological polar surface area (TPSA) is 46.2 Å². The zero-order valence-corrected chi connectivity index (χ0v) is 14.6. The molecule has 1 aromatic heterocycles. The fourth-order valence-electron chi connectivity index (χ4n) is 2.20. The Labute approximate surface area is 140 Å². The summed E-state index contributed by atoms with van der Waals surface area (Å²) in [6.45, 7) is 5.46. The van der Waals surface area contributed by atoms with Crippen molar-refractivity contribution in [2.24, 2.45) is 7.05 Å². The van der Waals surface area contributed by atoms with Crippen molar-refractivity contribution in [1.29, 1.82) is 0 Å². The van der Waals surface area contributed by atoms with E-state index in [1.54, 1.807) is 9.25 Å². The van der Waals surface area contributed by atoms with Gasteiger partial charge in [-0.15, -0.1) is 0 Å². The third-order valence-corrected chi connectivity index (χ3v) is 4.31. The average Bonchev–Trinajstić information content (AvgIpc) is 2.74. The van der Waals surface area contributed by atoms with Gasteiger partial charge in [0.25, 0.3) is 0 Å². The van der Waals surface area contributed by atoms with E-state index in [9.17, 15) is 5.11 Å². The van der Waals surface area contributed by atoms with Crippen molar-refractivity contribution in [1.82, 2.24) is 19.2 Å². The Morgan fingerprint density at radius 2 is 2.14 bits per heavy atom. The van der Waals surface area contributed by atoms with Gasteiger partial charge in [-0.2, -0.15) is 5.10 Å². The Bertz CT molecular complexity index is 695. The minimum Gasteiger partial charge on any atom is -0.388 e. The first-order chi connectivity index (χ1) is 10.4. The lowest BCUT2D eigenvalue weighted by atomic mass is 10.2. The van der Waals surface area contributed by atoms with Gasteiger partial charge in [0.15, 0.2) is 10.6 Å². The smallest absolute Gasteiger partial charge is 0.198 e. The summed E-state index contributed by atoms with van der Waals surface area (Å²) in [5, 5.41) is 14.4. The molecule has 22 heavy (non-hydrogen) atoms. The molecule has 0 atom stereocenters. The second-order valence-electron chi connectivity index (χ2n) is 5.53. The summed E-state index contributed by atoms with van der Waals surface area (Å²) in [5.41, 5.74) is 1.14. The zero-order chi connectivity index (χ0) is 16.3. The average molecular weight is 341 g/mol. The van der Waals surface area contributed by atoms with Gasteiger partial charge in [-0.25, -0.2) is 4.68 Å². The van der Waals surface area contributed by atoms with Crippen LogP contribution in [0.1, 0.15) is 25.2 Å². The van der Waals surface area contributed by atoms with Gasteiger partial charge in [0, 0.05) is 24.7 Å². The van der Waals surface area contributed by atoms with E-state index in [4.69, 9.17) is 23.8 Å². The van der Waals surface area contributed by atoms with Crippen molar-refractivity contribution in [3.05, 3.63) is 45.4 Å². The fourth-order valence-corrected chi connectivity index (χ4v) is 2.62. The maximum atomic E-state index is 9.29. The highest BCUT2D eigenvalue weighted by atomic mass is 35.5. The van der Waals surface area contributed by atoms with E-state index in [0.717, 1.165) is 17.1 Å². The molecule has 0 saturated carbocycles. The lowest BCUT2D eigenvalue weighted by molar-refractivity contribution is 0.152. The molecular formula is C15H21ClN4OS. The van der Waals surface area contributed by atoms with Crippen LogP contribution in [0, 0.1) is 4.77 Å². The van der Waals surface area contributed by atoms with Gasteiger partial charge in [0.05, 0.1) is 6.67 Å². The van der Waals surface area contributed by atoms with Crippen LogP contribution >= 0.6 is 23.8 Å². The zero-order valence-electron chi connectivity index (χ0n) is 13.0. The van der Waals surface area contributed by atoms with Gasteiger partial charge in [-0.05, 0) is 43.8 Å². The number of aromatic nitrogens is 3. The molecule has 0 aliphatic rings. The van der Waals surface area contributed by atoms with E-state index < -0.39 is 0 Å². The highest BCUT2D eigenvalue weighted by molar-refractivity contribution is 7.71. The number of nitrogens with zero attached hydrogens (tertiary/aromatic N) is 4. The van der Waals surface area contributed by atoms with Gasteiger partial charge in [-0.3, -0.25) is 4.90 Å². The molecule has 120 valence electrons. The Morgan fingerprint density at radius 3 is 2.68 bits per heavy atom. The van der Waals surface area contributed by atoms with Crippen molar-refractivity contribution < 1.29 is 5.11 Å². The van der Waals surface area contributed by atoms with Crippen molar-refractivity contribution in [3.8, 4) is 0 Å². The maximum Gasteiger partial charge on any atom is 0.198 e. The summed E-state index contributed by atoms with van der Waals surface area (Å²) in [6, 6.07) is 8.16. The number of aliphatic hydroxyl groups excluding tert-OH is 1.